The van der Waals surface area contributed by atoms with Crippen LogP contribution in [0, 0.1) is 6.92 Å². The molecule has 0 saturated carbocycles. The van der Waals surface area contributed by atoms with Crippen LogP contribution in [0.5, 0.6) is 5.75 Å². The van der Waals surface area contributed by atoms with E-state index in [1.54, 1.807) is 43.3 Å². The van der Waals surface area contributed by atoms with E-state index in [0.29, 0.717) is 29.2 Å². The molecule has 0 spiro atoms. The number of thiazole rings is 1. The van der Waals surface area contributed by atoms with Gasteiger partial charge in [0, 0.05) is 18.0 Å². The summed E-state index contributed by atoms with van der Waals surface area (Å²) in [7, 11) is 1.25. The Kier molecular flexibility index (Phi) is 7.20. The summed E-state index contributed by atoms with van der Waals surface area (Å²) in [4.78, 5) is 48.7. The number of aliphatic hydroxyl groups is 1. The number of benzene rings is 2. The summed E-state index contributed by atoms with van der Waals surface area (Å²) in [6.07, 6.45) is 3.06. The van der Waals surface area contributed by atoms with E-state index in [2.05, 4.69) is 9.97 Å². The highest BCUT2D eigenvalue weighted by Crippen LogP contribution is 2.43. The topological polar surface area (TPSA) is 119 Å². The highest BCUT2D eigenvalue weighted by molar-refractivity contribution is 7.17. The van der Waals surface area contributed by atoms with Gasteiger partial charge in [-0.3, -0.25) is 19.5 Å². The largest absolute Gasteiger partial charge is 0.507 e. The Labute approximate surface area is 228 Å². The number of Topliss-reactive ketones (excluding diaryl/α,β-unsaturated/α-hetero) is 1. The molecule has 9 nitrogen and oxygen atoms in total. The summed E-state index contributed by atoms with van der Waals surface area (Å²) < 4.78 is 10.6. The Hall–Kier alpha value is -4.83. The number of carbonyl (C=O) groups excluding carboxylic acids is 3. The number of esters is 1. The molecule has 1 atom stereocenters. The molecular weight excluding hydrogens is 518 g/mol. The van der Waals surface area contributed by atoms with E-state index < -0.39 is 23.7 Å². The van der Waals surface area contributed by atoms with Gasteiger partial charge in [0.2, 0.25) is 0 Å². The molecule has 1 fully saturated rings. The summed E-state index contributed by atoms with van der Waals surface area (Å²) in [5.74, 6) is -2.09. The molecule has 0 aliphatic carbocycles. The van der Waals surface area contributed by atoms with Crippen LogP contribution in [-0.2, 0) is 20.9 Å². The maximum absolute atomic E-state index is 13.3. The van der Waals surface area contributed by atoms with E-state index >= 15 is 0 Å². The number of ketones is 1. The van der Waals surface area contributed by atoms with Crippen LogP contribution >= 0.6 is 11.3 Å². The van der Waals surface area contributed by atoms with Crippen LogP contribution in [0.2, 0.25) is 0 Å². The fourth-order valence-electron chi connectivity index (χ4n) is 4.26. The van der Waals surface area contributed by atoms with Crippen molar-refractivity contribution in [2.45, 2.75) is 19.6 Å². The number of aryl methyl sites for hydroxylation is 1. The van der Waals surface area contributed by atoms with Crippen molar-refractivity contribution in [3.63, 3.8) is 0 Å². The van der Waals surface area contributed by atoms with E-state index in [9.17, 15) is 19.5 Å². The van der Waals surface area contributed by atoms with Gasteiger partial charge in [-0.05, 0) is 54.4 Å². The molecule has 4 aromatic rings. The minimum Gasteiger partial charge on any atom is -0.507 e. The van der Waals surface area contributed by atoms with Gasteiger partial charge >= 0.3 is 11.9 Å². The number of methoxy groups -OCH3 is 1. The van der Waals surface area contributed by atoms with Gasteiger partial charge in [0.25, 0.3) is 5.78 Å². The lowest BCUT2D eigenvalue weighted by atomic mass is 9.96. The molecule has 1 N–H and O–H groups in total. The molecule has 3 heterocycles. The first-order valence-corrected chi connectivity index (χ1v) is 12.7. The van der Waals surface area contributed by atoms with Crippen LogP contribution in [-0.4, -0.2) is 39.8 Å². The smallest absolute Gasteiger partial charge is 0.350 e. The second kappa shape index (κ2) is 10.9. The quantitative estimate of drug-likeness (QED) is 0.153. The first-order valence-electron chi connectivity index (χ1n) is 11.9. The maximum atomic E-state index is 13.3. The average molecular weight is 542 g/mol. The normalized spacial score (nSPS) is 16.4. The zero-order valence-electron chi connectivity index (χ0n) is 21.0. The Balaban J connectivity index is 1.52. The van der Waals surface area contributed by atoms with Crippen molar-refractivity contribution in [2.75, 3.05) is 12.0 Å². The number of aromatic nitrogens is 2. The van der Waals surface area contributed by atoms with Gasteiger partial charge < -0.3 is 14.6 Å². The van der Waals surface area contributed by atoms with Crippen molar-refractivity contribution in [3.8, 4) is 5.75 Å². The molecule has 1 saturated heterocycles. The van der Waals surface area contributed by atoms with Gasteiger partial charge in [0.05, 0.1) is 24.4 Å². The van der Waals surface area contributed by atoms with Crippen molar-refractivity contribution in [2.24, 2.45) is 0 Å². The van der Waals surface area contributed by atoms with Crippen LogP contribution in [0.15, 0.2) is 84.7 Å². The van der Waals surface area contributed by atoms with Crippen LogP contribution in [0.1, 0.15) is 38.1 Å². The third-order valence-electron chi connectivity index (χ3n) is 6.20. The van der Waals surface area contributed by atoms with Crippen molar-refractivity contribution < 1.29 is 29.0 Å². The molecule has 0 radical (unpaired) electrons. The van der Waals surface area contributed by atoms with E-state index in [0.717, 1.165) is 16.9 Å². The molecule has 2 aromatic carbocycles. The molecule has 2 aromatic heterocycles. The Morgan fingerprint density at radius 1 is 1.03 bits per heavy atom. The first kappa shape index (κ1) is 25.8. The lowest BCUT2D eigenvalue weighted by Gasteiger charge is -2.22. The Bertz CT molecular complexity index is 1570. The van der Waals surface area contributed by atoms with Gasteiger partial charge in [-0.25, -0.2) is 9.78 Å². The van der Waals surface area contributed by atoms with E-state index in [1.807, 2.05) is 30.3 Å². The third kappa shape index (κ3) is 5.01. The Morgan fingerprint density at radius 3 is 2.38 bits per heavy atom. The van der Waals surface area contributed by atoms with Gasteiger partial charge in [-0.15, -0.1) is 0 Å². The molecule has 10 heteroatoms. The van der Waals surface area contributed by atoms with Crippen LogP contribution in [0.4, 0.5) is 5.13 Å². The second-order valence-corrected chi connectivity index (χ2v) is 9.63. The number of anilines is 1. The molecule has 1 aliphatic heterocycles. The van der Waals surface area contributed by atoms with Gasteiger partial charge in [-0.2, -0.15) is 0 Å². The van der Waals surface area contributed by atoms with Crippen molar-refractivity contribution >= 4 is 39.9 Å². The average Bonchev–Trinajstić information content (AvgIpc) is 3.48. The van der Waals surface area contributed by atoms with Crippen LogP contribution < -0.4 is 9.64 Å². The lowest BCUT2D eigenvalue weighted by Crippen LogP contribution is -2.29. The number of hydrogen-bond acceptors (Lipinski definition) is 9. The van der Waals surface area contributed by atoms with Gasteiger partial charge in [0.1, 0.15) is 23.0 Å². The molecule has 1 unspecified atom stereocenters. The summed E-state index contributed by atoms with van der Waals surface area (Å²) in [6, 6.07) is 18.6. The SMILES string of the molecule is COC(=O)c1sc(N2C(=O)C(=O)/C(=C(/O)c3ccc(OCc4ccccc4)cc3)C2c2ccncc2)nc1C. The third-order valence-corrected chi connectivity index (χ3v) is 7.34. The van der Waals surface area contributed by atoms with E-state index in [4.69, 9.17) is 9.47 Å². The number of nitrogens with zero attached hydrogens (tertiary/aromatic N) is 3. The first-order chi connectivity index (χ1) is 18.9. The Morgan fingerprint density at radius 2 is 1.72 bits per heavy atom. The number of rotatable bonds is 7. The van der Waals surface area contributed by atoms with Crippen molar-refractivity contribution in [1.82, 2.24) is 9.97 Å². The van der Waals surface area contributed by atoms with E-state index in [-0.39, 0.29) is 21.3 Å². The van der Waals surface area contributed by atoms with Crippen LogP contribution in [0.3, 0.4) is 0 Å². The molecular formula is C29H23N3O6S. The summed E-state index contributed by atoms with van der Waals surface area (Å²) in [5.41, 5.74) is 2.15. The highest BCUT2D eigenvalue weighted by Gasteiger charge is 2.48. The van der Waals surface area contributed by atoms with Gasteiger partial charge in [0.15, 0.2) is 5.13 Å². The fraction of sp³-hybridized carbons (Fsp3) is 0.138. The molecule has 196 valence electrons. The predicted molar refractivity (Wildman–Crippen MR) is 144 cm³/mol. The number of hydrogen-bond donors (Lipinski definition) is 1. The molecule has 1 amide bonds. The fourth-order valence-corrected chi connectivity index (χ4v) is 5.28. The van der Waals surface area contributed by atoms with Gasteiger partial charge in [-0.1, -0.05) is 41.7 Å². The highest BCUT2D eigenvalue weighted by atomic mass is 32.1. The minimum atomic E-state index is -0.988. The lowest BCUT2D eigenvalue weighted by molar-refractivity contribution is -0.132. The van der Waals surface area contributed by atoms with Crippen molar-refractivity contribution in [3.05, 3.63) is 112 Å². The van der Waals surface area contributed by atoms with E-state index in [1.165, 1.54) is 24.4 Å². The summed E-state index contributed by atoms with van der Waals surface area (Å²) in [5, 5.41) is 11.5. The molecule has 5 rings (SSSR count). The number of ether oxygens (including phenoxy) is 2. The standard InChI is InChI=1S/C29H23N3O6S/c1-17-26(28(36)37-2)39-29(31-17)32-23(19-12-14-30-15-13-19)22(25(34)27(32)35)24(33)20-8-10-21(11-9-20)38-16-18-6-4-3-5-7-18/h3-15,23,33H,16H2,1-2H3/b24-22+. The molecule has 0 bridgehead atoms. The number of carbonyl (C=O) groups is 3. The number of aliphatic hydroxyl groups excluding tert-OH is 1. The predicted octanol–water partition coefficient (Wildman–Crippen LogP) is 4.84. The zero-order valence-corrected chi connectivity index (χ0v) is 21.8. The maximum Gasteiger partial charge on any atom is 0.350 e. The van der Waals surface area contributed by atoms with Crippen LogP contribution in [0.25, 0.3) is 5.76 Å². The second-order valence-electron chi connectivity index (χ2n) is 8.65. The minimum absolute atomic E-state index is 0.100. The summed E-state index contributed by atoms with van der Waals surface area (Å²) in [6.45, 7) is 1.99. The molecule has 1 aliphatic rings. The monoisotopic (exact) mass is 541 g/mol. The molecule has 39 heavy (non-hydrogen) atoms. The number of pyridine rings is 1. The summed E-state index contributed by atoms with van der Waals surface area (Å²) >= 11 is 0.940. The zero-order chi connectivity index (χ0) is 27.5. The van der Waals surface area contributed by atoms with Crippen molar-refractivity contribution in [1.29, 1.82) is 0 Å². The number of amides is 1.